The number of benzene rings is 2. The Morgan fingerprint density at radius 3 is 2.38 bits per heavy atom. The number of rotatable bonds is 4. The number of hydrogen-bond acceptors (Lipinski definition) is 2. The van der Waals surface area contributed by atoms with Crippen molar-refractivity contribution in [1.82, 2.24) is 0 Å². The molecule has 26 heavy (non-hydrogen) atoms. The van der Waals surface area contributed by atoms with Gasteiger partial charge in [0.1, 0.15) is 5.75 Å². The Bertz CT molecular complexity index is 867. The van der Waals surface area contributed by atoms with Gasteiger partial charge in [-0.05, 0) is 36.4 Å². The third-order valence-electron chi connectivity index (χ3n) is 3.21. The van der Waals surface area contributed by atoms with Crippen molar-refractivity contribution in [3.63, 3.8) is 0 Å². The first-order valence-electron chi connectivity index (χ1n) is 7.00. The molecule has 0 aliphatic carbocycles. The topological polar surface area (TPSA) is 38.3 Å². The average Bonchev–Trinajstić information content (AvgIpc) is 2.53. The van der Waals surface area contributed by atoms with Crippen LogP contribution in [0.4, 0.5) is 18.9 Å². The Balaban J connectivity index is 2.18. The average molecular weight is 425 g/mol. The predicted octanol–water partition coefficient (Wildman–Crippen LogP) is 6.33. The first-order valence-corrected chi connectivity index (χ1v) is 8.14. The highest BCUT2D eigenvalue weighted by atomic mass is 35.5. The summed E-state index contributed by atoms with van der Waals surface area (Å²) in [4.78, 5) is 12.0. The van der Waals surface area contributed by atoms with E-state index in [0.717, 1.165) is 24.3 Å². The fourth-order valence-electron chi connectivity index (χ4n) is 2.05. The van der Waals surface area contributed by atoms with Crippen molar-refractivity contribution in [2.45, 2.75) is 6.18 Å². The second kappa shape index (κ2) is 8.20. The quantitative estimate of drug-likeness (QED) is 0.583. The van der Waals surface area contributed by atoms with E-state index in [4.69, 9.17) is 39.5 Å². The van der Waals surface area contributed by atoms with Crippen LogP contribution < -0.4 is 10.1 Å². The molecule has 138 valence electrons. The van der Waals surface area contributed by atoms with Crippen LogP contribution >= 0.6 is 34.8 Å². The number of methoxy groups -OCH3 is 1. The monoisotopic (exact) mass is 423 g/mol. The molecule has 0 unspecified atom stereocenters. The SMILES string of the molecule is COc1c(Cl)cc(Cl)cc1C=CC(=O)Nc1ccc(C(F)(F)F)cc1Cl. The number of hydrogen-bond donors (Lipinski definition) is 1. The molecule has 2 aromatic carbocycles. The van der Waals surface area contributed by atoms with Crippen LogP contribution in [-0.4, -0.2) is 13.0 Å². The summed E-state index contributed by atoms with van der Waals surface area (Å²) in [5.74, 6) is -0.280. The molecule has 9 heteroatoms. The van der Waals surface area contributed by atoms with E-state index in [1.807, 2.05) is 0 Å². The number of anilines is 1. The second-order valence-corrected chi connectivity index (χ2v) is 6.28. The molecule has 0 bridgehead atoms. The summed E-state index contributed by atoms with van der Waals surface area (Å²) in [5, 5.41) is 2.78. The molecule has 0 heterocycles. The molecular formula is C17H11Cl3F3NO2. The number of carbonyl (C=O) groups is 1. The van der Waals surface area contributed by atoms with Gasteiger partial charge >= 0.3 is 6.18 Å². The lowest BCUT2D eigenvalue weighted by Crippen LogP contribution is -2.10. The summed E-state index contributed by atoms with van der Waals surface area (Å²) in [5.41, 5.74) is -0.404. The molecule has 0 spiro atoms. The van der Waals surface area contributed by atoms with Crippen molar-refractivity contribution in [2.75, 3.05) is 12.4 Å². The first-order chi connectivity index (χ1) is 12.1. The molecule has 0 fully saturated rings. The summed E-state index contributed by atoms with van der Waals surface area (Å²) in [6.45, 7) is 0. The third-order valence-corrected chi connectivity index (χ3v) is 4.02. The second-order valence-electron chi connectivity index (χ2n) is 5.03. The zero-order valence-corrected chi connectivity index (χ0v) is 15.4. The van der Waals surface area contributed by atoms with Crippen LogP contribution in [0.5, 0.6) is 5.75 Å². The number of carbonyl (C=O) groups excluding carboxylic acids is 1. The van der Waals surface area contributed by atoms with Crippen LogP contribution in [0, 0.1) is 0 Å². The molecule has 1 N–H and O–H groups in total. The predicted molar refractivity (Wildman–Crippen MR) is 97.1 cm³/mol. The van der Waals surface area contributed by atoms with Gasteiger partial charge in [0, 0.05) is 16.7 Å². The number of alkyl halides is 3. The number of ether oxygens (including phenoxy) is 1. The van der Waals surface area contributed by atoms with Gasteiger partial charge in [-0.3, -0.25) is 4.79 Å². The molecule has 2 aromatic rings. The number of nitrogens with one attached hydrogen (secondary N) is 1. The van der Waals surface area contributed by atoms with Crippen molar-refractivity contribution in [3.05, 3.63) is 62.6 Å². The molecule has 0 radical (unpaired) electrons. The zero-order valence-electron chi connectivity index (χ0n) is 13.1. The van der Waals surface area contributed by atoms with E-state index in [1.54, 1.807) is 6.07 Å². The molecule has 2 rings (SSSR count). The van der Waals surface area contributed by atoms with Crippen molar-refractivity contribution >= 4 is 52.5 Å². The highest BCUT2D eigenvalue weighted by Gasteiger charge is 2.30. The van der Waals surface area contributed by atoms with Gasteiger partial charge in [0.25, 0.3) is 0 Å². The van der Waals surface area contributed by atoms with Crippen molar-refractivity contribution in [2.24, 2.45) is 0 Å². The lowest BCUT2D eigenvalue weighted by Gasteiger charge is -2.10. The van der Waals surface area contributed by atoms with Gasteiger partial charge in [0.15, 0.2) is 0 Å². The normalized spacial score (nSPS) is 11.7. The molecule has 3 nitrogen and oxygen atoms in total. The molecular weight excluding hydrogens is 414 g/mol. The van der Waals surface area contributed by atoms with Crippen LogP contribution in [0.1, 0.15) is 11.1 Å². The zero-order chi connectivity index (χ0) is 19.5. The van der Waals surface area contributed by atoms with E-state index < -0.39 is 17.6 Å². The van der Waals surface area contributed by atoms with E-state index in [0.29, 0.717) is 16.3 Å². The molecule has 0 aliphatic rings. The standard InChI is InChI=1S/C17H11Cl3F3NO2/c1-26-16-9(6-11(18)8-13(16)20)2-5-15(25)24-14-4-3-10(7-12(14)19)17(21,22)23/h2-8H,1H3,(H,24,25). The van der Waals surface area contributed by atoms with E-state index >= 15 is 0 Å². The molecule has 0 aromatic heterocycles. The van der Waals surface area contributed by atoms with Gasteiger partial charge in [-0.2, -0.15) is 13.2 Å². The minimum Gasteiger partial charge on any atom is -0.495 e. The van der Waals surface area contributed by atoms with Crippen LogP contribution in [-0.2, 0) is 11.0 Å². The van der Waals surface area contributed by atoms with Gasteiger partial charge in [0.05, 0.1) is 28.4 Å². The minimum absolute atomic E-state index is 0.0467. The summed E-state index contributed by atoms with van der Waals surface area (Å²) in [6, 6.07) is 5.67. The Hall–Kier alpha value is -1.89. The highest BCUT2D eigenvalue weighted by molar-refractivity contribution is 6.36. The lowest BCUT2D eigenvalue weighted by atomic mass is 10.1. The van der Waals surface area contributed by atoms with E-state index in [9.17, 15) is 18.0 Å². The van der Waals surface area contributed by atoms with Gasteiger partial charge in [0.2, 0.25) is 5.91 Å². The molecule has 1 amide bonds. The number of halogens is 6. The third kappa shape index (κ3) is 5.06. The summed E-state index contributed by atoms with van der Waals surface area (Å²) >= 11 is 17.7. The Morgan fingerprint density at radius 1 is 1.12 bits per heavy atom. The van der Waals surface area contributed by atoms with Crippen LogP contribution in [0.3, 0.4) is 0 Å². The van der Waals surface area contributed by atoms with Gasteiger partial charge in [-0.1, -0.05) is 34.8 Å². The fourth-order valence-corrected chi connectivity index (χ4v) is 2.87. The number of amides is 1. The van der Waals surface area contributed by atoms with Crippen LogP contribution in [0.25, 0.3) is 6.08 Å². The summed E-state index contributed by atoms with van der Waals surface area (Å²) in [6.07, 6.45) is -1.96. The van der Waals surface area contributed by atoms with E-state index in [1.165, 1.54) is 19.3 Å². The maximum absolute atomic E-state index is 12.6. The smallest absolute Gasteiger partial charge is 0.416 e. The van der Waals surface area contributed by atoms with E-state index in [-0.39, 0.29) is 15.7 Å². The van der Waals surface area contributed by atoms with Crippen LogP contribution in [0.2, 0.25) is 15.1 Å². The highest BCUT2D eigenvalue weighted by Crippen LogP contribution is 2.34. The minimum atomic E-state index is -4.52. The lowest BCUT2D eigenvalue weighted by molar-refractivity contribution is -0.137. The van der Waals surface area contributed by atoms with E-state index in [2.05, 4.69) is 5.32 Å². The molecule has 0 atom stereocenters. The van der Waals surface area contributed by atoms with Crippen molar-refractivity contribution in [3.8, 4) is 5.75 Å². The van der Waals surface area contributed by atoms with Crippen LogP contribution in [0.15, 0.2) is 36.4 Å². The summed E-state index contributed by atoms with van der Waals surface area (Å²) in [7, 11) is 1.41. The van der Waals surface area contributed by atoms with Gasteiger partial charge < -0.3 is 10.1 Å². The fraction of sp³-hybridized carbons (Fsp3) is 0.118. The molecule has 0 saturated carbocycles. The summed E-state index contributed by atoms with van der Waals surface area (Å²) < 4.78 is 43.0. The molecule has 0 saturated heterocycles. The Labute approximate surface area is 162 Å². The molecule has 0 aliphatic heterocycles. The Morgan fingerprint density at radius 2 is 1.81 bits per heavy atom. The Kier molecular flexibility index (Phi) is 6.44. The maximum atomic E-state index is 12.6. The first kappa shape index (κ1) is 20.4. The maximum Gasteiger partial charge on any atom is 0.416 e. The van der Waals surface area contributed by atoms with Gasteiger partial charge in [-0.15, -0.1) is 0 Å². The van der Waals surface area contributed by atoms with Gasteiger partial charge in [-0.25, -0.2) is 0 Å². The van der Waals surface area contributed by atoms with Crippen molar-refractivity contribution in [1.29, 1.82) is 0 Å². The largest absolute Gasteiger partial charge is 0.495 e. The van der Waals surface area contributed by atoms with Crippen molar-refractivity contribution < 1.29 is 22.7 Å².